The van der Waals surface area contributed by atoms with Gasteiger partial charge < -0.3 is 11.1 Å². The Bertz CT molecular complexity index is 1530. The second-order valence-corrected chi connectivity index (χ2v) is 9.92. The van der Waals surface area contributed by atoms with E-state index < -0.39 is 0 Å². The second-order valence-electron chi connectivity index (χ2n) is 8.97. The number of aromatic nitrogens is 5. The average Bonchev–Trinajstić information content (AvgIpc) is 3.57. The third-order valence-corrected chi connectivity index (χ3v) is 7.83. The van der Waals surface area contributed by atoms with E-state index in [0.29, 0.717) is 11.3 Å². The molecule has 35 heavy (non-hydrogen) atoms. The molecule has 0 bridgehead atoms. The van der Waals surface area contributed by atoms with Crippen LogP contribution in [-0.4, -0.2) is 37.5 Å². The minimum atomic E-state index is 0.0609. The summed E-state index contributed by atoms with van der Waals surface area (Å²) in [7, 11) is 1.70. The van der Waals surface area contributed by atoms with Gasteiger partial charge in [0.1, 0.15) is 23.4 Å². The molecular formula is C26H25N7OS. The van der Waals surface area contributed by atoms with Crippen molar-refractivity contribution in [3.05, 3.63) is 60.0 Å². The molecule has 0 aliphatic heterocycles. The molecule has 0 unspecified atom stereocenters. The van der Waals surface area contributed by atoms with Crippen molar-refractivity contribution in [3.63, 3.8) is 0 Å². The summed E-state index contributed by atoms with van der Waals surface area (Å²) in [5.41, 5.74) is 10.6. The quantitative estimate of drug-likeness (QED) is 0.384. The summed E-state index contributed by atoms with van der Waals surface area (Å²) in [6.45, 7) is 0. The van der Waals surface area contributed by atoms with Gasteiger partial charge in [-0.1, -0.05) is 24.3 Å². The van der Waals surface area contributed by atoms with Crippen molar-refractivity contribution in [1.82, 2.24) is 29.9 Å². The van der Waals surface area contributed by atoms with Gasteiger partial charge in [-0.25, -0.2) is 19.5 Å². The minimum Gasteiger partial charge on any atom is -0.382 e. The first-order valence-corrected chi connectivity index (χ1v) is 12.7. The minimum absolute atomic E-state index is 0.0609. The van der Waals surface area contributed by atoms with Crippen molar-refractivity contribution in [1.29, 1.82) is 0 Å². The first kappa shape index (κ1) is 21.7. The Morgan fingerprint density at radius 2 is 1.94 bits per heavy atom. The largest absolute Gasteiger partial charge is 0.382 e. The summed E-state index contributed by atoms with van der Waals surface area (Å²) in [5.74, 6) is 1.66. The molecule has 1 aliphatic rings. The van der Waals surface area contributed by atoms with Gasteiger partial charge >= 0.3 is 0 Å². The van der Waals surface area contributed by atoms with E-state index in [0.717, 1.165) is 64.2 Å². The van der Waals surface area contributed by atoms with Crippen molar-refractivity contribution >= 4 is 39.5 Å². The van der Waals surface area contributed by atoms with Gasteiger partial charge in [0.25, 0.3) is 0 Å². The fraction of sp³-hybridized carbons (Fsp3) is 0.269. The molecule has 4 heterocycles. The Morgan fingerprint density at radius 3 is 2.71 bits per heavy atom. The molecule has 1 aromatic carbocycles. The molecule has 5 aromatic rings. The number of nitrogens with two attached hydrogens (primary N) is 1. The van der Waals surface area contributed by atoms with E-state index in [2.05, 4.69) is 57.2 Å². The number of benzene rings is 1. The number of amides is 1. The second kappa shape index (κ2) is 8.74. The van der Waals surface area contributed by atoms with Crippen molar-refractivity contribution in [2.24, 2.45) is 5.92 Å². The lowest BCUT2D eigenvalue weighted by atomic mass is 9.81. The van der Waals surface area contributed by atoms with Crippen LogP contribution in [0.4, 0.5) is 5.82 Å². The number of hydrogen-bond acceptors (Lipinski definition) is 7. The number of nitrogens with one attached hydrogen (secondary N) is 1. The Kier molecular flexibility index (Phi) is 5.41. The van der Waals surface area contributed by atoms with Crippen molar-refractivity contribution in [2.75, 3.05) is 12.8 Å². The van der Waals surface area contributed by atoms with E-state index in [4.69, 9.17) is 15.7 Å². The third-order valence-electron chi connectivity index (χ3n) is 6.93. The summed E-state index contributed by atoms with van der Waals surface area (Å²) in [6, 6.07) is 14.4. The van der Waals surface area contributed by atoms with E-state index in [9.17, 15) is 4.79 Å². The first-order chi connectivity index (χ1) is 17.1. The van der Waals surface area contributed by atoms with E-state index in [1.165, 1.54) is 6.33 Å². The predicted octanol–water partition coefficient (Wildman–Crippen LogP) is 4.67. The molecule has 1 saturated carbocycles. The molecule has 1 aliphatic carbocycles. The van der Waals surface area contributed by atoms with E-state index in [1.54, 1.807) is 18.4 Å². The molecule has 0 radical (unpaired) electrons. The molecule has 4 aromatic heterocycles. The van der Waals surface area contributed by atoms with Gasteiger partial charge in [0.15, 0.2) is 5.82 Å². The van der Waals surface area contributed by atoms with Crippen LogP contribution in [0, 0.1) is 5.92 Å². The van der Waals surface area contributed by atoms with Gasteiger partial charge in [-0.05, 0) is 49.3 Å². The Balaban J connectivity index is 1.42. The summed E-state index contributed by atoms with van der Waals surface area (Å²) < 4.78 is 1.84. The van der Waals surface area contributed by atoms with Gasteiger partial charge in [0.05, 0.1) is 16.1 Å². The molecular weight excluding hydrogens is 458 g/mol. The fourth-order valence-electron chi connectivity index (χ4n) is 5.09. The van der Waals surface area contributed by atoms with E-state index >= 15 is 0 Å². The number of anilines is 1. The molecule has 176 valence electrons. The zero-order chi connectivity index (χ0) is 23.9. The summed E-state index contributed by atoms with van der Waals surface area (Å²) in [6.07, 6.45) is 4.90. The monoisotopic (exact) mass is 483 g/mol. The Hall–Kier alpha value is -3.85. The number of carbonyl (C=O) groups is 1. The molecule has 9 heteroatoms. The van der Waals surface area contributed by atoms with Gasteiger partial charge in [0.2, 0.25) is 5.91 Å². The molecule has 0 saturated heterocycles. The molecule has 1 fully saturated rings. The number of rotatable bonds is 4. The predicted molar refractivity (Wildman–Crippen MR) is 138 cm³/mol. The van der Waals surface area contributed by atoms with Crippen LogP contribution in [0.5, 0.6) is 0 Å². The highest BCUT2D eigenvalue weighted by atomic mass is 32.1. The third kappa shape index (κ3) is 3.81. The van der Waals surface area contributed by atoms with Gasteiger partial charge in [-0.3, -0.25) is 4.79 Å². The van der Waals surface area contributed by atoms with Crippen LogP contribution in [0.25, 0.3) is 38.2 Å². The van der Waals surface area contributed by atoms with Crippen molar-refractivity contribution in [3.8, 4) is 21.8 Å². The number of hydrogen-bond donors (Lipinski definition) is 2. The lowest BCUT2D eigenvalue weighted by molar-refractivity contribution is -0.125. The van der Waals surface area contributed by atoms with Crippen LogP contribution < -0.4 is 11.1 Å². The lowest BCUT2D eigenvalue weighted by Gasteiger charge is -2.26. The number of fused-ring (bicyclic) bond motifs is 2. The standard InChI is InChI=1S/C26H25N7OS/c1-28-26(34)17-7-5-16(6-8-17)25-32-22(23-24(27)29-14-30-33(23)25)18-9-4-15-10-11-19(31-20(15)13-18)21-3-2-12-35-21/h2-4,9-14,16-17H,5-8H2,1H3,(H,28,34)(H2,27,29,30). The van der Waals surface area contributed by atoms with Crippen LogP contribution in [0.3, 0.4) is 0 Å². The molecule has 8 nitrogen and oxygen atoms in total. The molecule has 1 amide bonds. The first-order valence-electron chi connectivity index (χ1n) is 11.8. The number of imidazole rings is 1. The zero-order valence-corrected chi connectivity index (χ0v) is 20.1. The number of nitrogen functional groups attached to an aromatic ring is 1. The maximum Gasteiger partial charge on any atom is 0.222 e. The summed E-state index contributed by atoms with van der Waals surface area (Å²) in [5, 5.41) is 10.4. The van der Waals surface area contributed by atoms with Crippen LogP contribution in [0.2, 0.25) is 0 Å². The lowest BCUT2D eigenvalue weighted by Crippen LogP contribution is -2.30. The van der Waals surface area contributed by atoms with Gasteiger partial charge in [-0.15, -0.1) is 11.3 Å². The van der Waals surface area contributed by atoms with Crippen LogP contribution in [0.1, 0.15) is 37.4 Å². The van der Waals surface area contributed by atoms with E-state index in [-0.39, 0.29) is 17.7 Å². The SMILES string of the molecule is CNC(=O)C1CCC(c2nc(-c3ccc4ccc(-c5cccs5)nc4c3)c3c(N)ncnn23)CC1. The highest BCUT2D eigenvalue weighted by Gasteiger charge is 2.30. The summed E-state index contributed by atoms with van der Waals surface area (Å²) in [4.78, 5) is 27.5. The van der Waals surface area contributed by atoms with E-state index in [1.807, 2.05) is 10.6 Å². The molecule has 0 atom stereocenters. The fourth-order valence-corrected chi connectivity index (χ4v) is 5.78. The molecule has 0 spiro atoms. The zero-order valence-electron chi connectivity index (χ0n) is 19.3. The summed E-state index contributed by atoms with van der Waals surface area (Å²) >= 11 is 1.68. The maximum atomic E-state index is 12.1. The number of thiophene rings is 1. The van der Waals surface area contributed by atoms with Gasteiger partial charge in [0, 0.05) is 29.8 Å². The molecule has 3 N–H and O–H groups in total. The number of carbonyl (C=O) groups excluding carboxylic acids is 1. The highest BCUT2D eigenvalue weighted by Crippen LogP contribution is 2.38. The Morgan fingerprint density at radius 1 is 1.11 bits per heavy atom. The normalized spacial score (nSPS) is 18.2. The number of pyridine rings is 1. The maximum absolute atomic E-state index is 12.1. The Labute approximate surface area is 206 Å². The van der Waals surface area contributed by atoms with Gasteiger partial charge in [-0.2, -0.15) is 5.10 Å². The molecule has 6 rings (SSSR count). The smallest absolute Gasteiger partial charge is 0.222 e. The number of nitrogens with zero attached hydrogens (tertiary/aromatic N) is 5. The highest BCUT2D eigenvalue weighted by molar-refractivity contribution is 7.13. The van der Waals surface area contributed by atoms with Crippen molar-refractivity contribution < 1.29 is 4.79 Å². The van der Waals surface area contributed by atoms with Crippen LogP contribution in [-0.2, 0) is 4.79 Å². The van der Waals surface area contributed by atoms with Crippen LogP contribution >= 0.6 is 11.3 Å². The topological polar surface area (TPSA) is 111 Å². The van der Waals surface area contributed by atoms with Crippen LogP contribution in [0.15, 0.2) is 54.2 Å². The van der Waals surface area contributed by atoms with Crippen molar-refractivity contribution in [2.45, 2.75) is 31.6 Å². The average molecular weight is 484 g/mol.